The smallest absolute Gasteiger partial charge is 0.230 e. The van der Waals surface area contributed by atoms with E-state index in [1.165, 1.54) is 5.56 Å². The first-order valence-corrected chi connectivity index (χ1v) is 13.8. The highest BCUT2D eigenvalue weighted by molar-refractivity contribution is 5.82. The minimum atomic E-state index is -1.01. The monoisotopic (exact) mass is 524 g/mol. The van der Waals surface area contributed by atoms with Crippen LogP contribution in [0.15, 0.2) is 42.5 Å². The number of nitrogens with one attached hydrogen (secondary N) is 1. The predicted molar refractivity (Wildman–Crippen MR) is 143 cm³/mol. The van der Waals surface area contributed by atoms with Gasteiger partial charge in [0.2, 0.25) is 5.91 Å². The van der Waals surface area contributed by atoms with E-state index < -0.39 is 17.8 Å². The van der Waals surface area contributed by atoms with Crippen LogP contribution in [0.25, 0.3) is 0 Å². The van der Waals surface area contributed by atoms with Crippen LogP contribution in [0, 0.1) is 5.92 Å². The molecule has 38 heavy (non-hydrogen) atoms. The van der Waals surface area contributed by atoms with Gasteiger partial charge < -0.3 is 34.3 Å². The maximum Gasteiger partial charge on any atom is 0.230 e. The third-order valence-electron chi connectivity index (χ3n) is 7.91. The van der Waals surface area contributed by atoms with Crippen molar-refractivity contribution in [2.75, 3.05) is 47.1 Å². The van der Waals surface area contributed by atoms with Crippen LogP contribution in [0.5, 0.6) is 5.75 Å². The van der Waals surface area contributed by atoms with Crippen LogP contribution in [0.1, 0.15) is 54.2 Å². The Morgan fingerprint density at radius 1 is 1.11 bits per heavy atom. The molecule has 2 unspecified atom stereocenters. The molecule has 2 aromatic carbocycles. The molecular weight excluding hydrogens is 484 g/mol. The third-order valence-corrected chi connectivity index (χ3v) is 7.91. The number of hydrogen-bond donors (Lipinski definition) is 2. The fraction of sp³-hybridized carbons (Fsp3) is 0.567. The first kappa shape index (κ1) is 27.1. The van der Waals surface area contributed by atoms with Gasteiger partial charge in [-0.2, -0.15) is 0 Å². The van der Waals surface area contributed by atoms with E-state index in [0.29, 0.717) is 39.3 Å². The molecule has 0 bridgehead atoms. The minimum Gasteiger partial charge on any atom is -0.491 e. The van der Waals surface area contributed by atoms with Crippen LogP contribution in [0.2, 0.25) is 0 Å². The first-order valence-electron chi connectivity index (χ1n) is 13.8. The molecule has 0 radical (unpaired) electrons. The number of amides is 1. The summed E-state index contributed by atoms with van der Waals surface area (Å²) in [4.78, 5) is 16.3. The van der Waals surface area contributed by atoms with Gasteiger partial charge in [0.05, 0.1) is 12.5 Å². The lowest BCUT2D eigenvalue weighted by Gasteiger charge is -2.43. The number of hydrogen-bond acceptors (Lipinski definition) is 7. The molecule has 5 rings (SSSR count). The average molecular weight is 525 g/mol. The largest absolute Gasteiger partial charge is 0.491 e. The van der Waals surface area contributed by atoms with Crippen LogP contribution in [-0.4, -0.2) is 69.1 Å². The number of ether oxygens (including phenoxy) is 4. The van der Waals surface area contributed by atoms with Gasteiger partial charge in [0.15, 0.2) is 6.29 Å². The van der Waals surface area contributed by atoms with Gasteiger partial charge in [-0.05, 0) is 67.5 Å². The van der Waals surface area contributed by atoms with Gasteiger partial charge in [-0.25, -0.2) is 0 Å². The topological polar surface area (TPSA) is 89.5 Å². The molecule has 8 heteroatoms. The van der Waals surface area contributed by atoms with E-state index in [1.54, 1.807) is 14.2 Å². The highest BCUT2D eigenvalue weighted by Crippen LogP contribution is 2.51. The number of aryl methyl sites for hydroxylation is 1. The van der Waals surface area contributed by atoms with Crippen LogP contribution in [-0.2, 0) is 37.6 Å². The molecule has 2 aromatic rings. The zero-order valence-electron chi connectivity index (χ0n) is 22.5. The van der Waals surface area contributed by atoms with Gasteiger partial charge in [-0.1, -0.05) is 30.3 Å². The Labute approximate surface area is 225 Å². The number of nitrogens with zero attached hydrogens (tertiary/aromatic N) is 1. The van der Waals surface area contributed by atoms with Crippen molar-refractivity contribution in [3.05, 3.63) is 64.7 Å². The highest BCUT2D eigenvalue weighted by atomic mass is 16.6. The van der Waals surface area contributed by atoms with Crippen molar-refractivity contribution in [1.29, 1.82) is 0 Å². The summed E-state index contributed by atoms with van der Waals surface area (Å²) in [5.41, 5.74) is 3.12. The minimum absolute atomic E-state index is 0.0789. The second-order valence-corrected chi connectivity index (χ2v) is 10.6. The molecule has 2 fully saturated rings. The quantitative estimate of drug-likeness (QED) is 0.412. The Bertz CT molecular complexity index is 1080. The summed E-state index contributed by atoms with van der Waals surface area (Å²) in [7, 11) is 3.38. The van der Waals surface area contributed by atoms with Crippen molar-refractivity contribution in [2.24, 2.45) is 5.92 Å². The molecule has 3 atom stereocenters. The normalized spacial score (nSPS) is 24.4. The number of aliphatic hydroxyl groups excluding tert-OH is 1. The van der Waals surface area contributed by atoms with E-state index in [1.807, 2.05) is 35.2 Å². The molecule has 1 saturated heterocycles. The number of rotatable bonds is 12. The van der Waals surface area contributed by atoms with Gasteiger partial charge in [0.1, 0.15) is 18.0 Å². The van der Waals surface area contributed by atoms with Crippen molar-refractivity contribution >= 4 is 5.91 Å². The number of fused-ring (bicyclic) bond motifs is 2. The summed E-state index contributed by atoms with van der Waals surface area (Å²) in [5, 5.41) is 14.1. The van der Waals surface area contributed by atoms with Crippen molar-refractivity contribution < 1.29 is 28.8 Å². The summed E-state index contributed by atoms with van der Waals surface area (Å²) in [6, 6.07) is 14.3. The van der Waals surface area contributed by atoms with Crippen molar-refractivity contribution in [2.45, 2.75) is 56.6 Å². The summed E-state index contributed by atoms with van der Waals surface area (Å²) in [6.07, 6.45) is 3.43. The molecule has 2 heterocycles. The lowest BCUT2D eigenvalue weighted by molar-refractivity contribution is -0.206. The van der Waals surface area contributed by atoms with E-state index in [2.05, 4.69) is 17.4 Å². The van der Waals surface area contributed by atoms with Gasteiger partial charge >= 0.3 is 0 Å². The average Bonchev–Trinajstić information content (AvgIpc) is 3.73. The van der Waals surface area contributed by atoms with Gasteiger partial charge in [-0.3, -0.25) is 4.79 Å². The molecule has 2 N–H and O–H groups in total. The molecule has 0 aromatic heterocycles. The fourth-order valence-electron chi connectivity index (χ4n) is 5.91. The van der Waals surface area contributed by atoms with Gasteiger partial charge in [0, 0.05) is 45.5 Å². The molecule has 8 nitrogen and oxygen atoms in total. The van der Waals surface area contributed by atoms with E-state index in [9.17, 15) is 9.90 Å². The predicted octanol–water partition coefficient (Wildman–Crippen LogP) is 3.31. The van der Waals surface area contributed by atoms with Crippen molar-refractivity contribution in [3.63, 3.8) is 0 Å². The lowest BCUT2D eigenvalue weighted by Crippen LogP contribution is -2.55. The summed E-state index contributed by atoms with van der Waals surface area (Å²) < 4.78 is 22.6. The number of carbonyl (C=O) groups excluding carboxylic acids is 1. The van der Waals surface area contributed by atoms with E-state index in [0.717, 1.165) is 54.7 Å². The van der Waals surface area contributed by atoms with Crippen LogP contribution in [0.3, 0.4) is 0 Å². The Morgan fingerprint density at radius 2 is 1.89 bits per heavy atom. The number of carbonyl (C=O) groups is 1. The van der Waals surface area contributed by atoms with Crippen LogP contribution in [0.4, 0.5) is 0 Å². The Morgan fingerprint density at radius 3 is 2.68 bits per heavy atom. The van der Waals surface area contributed by atoms with Crippen molar-refractivity contribution in [1.82, 2.24) is 10.2 Å². The van der Waals surface area contributed by atoms with E-state index in [4.69, 9.17) is 18.9 Å². The van der Waals surface area contributed by atoms with Gasteiger partial charge in [-0.15, -0.1) is 0 Å². The summed E-state index contributed by atoms with van der Waals surface area (Å²) in [5.74, 6) is 0.454. The maximum absolute atomic E-state index is 14.3. The zero-order chi connectivity index (χ0) is 26.5. The second kappa shape index (κ2) is 12.1. The SMILES string of the molecule is COCCCc1cc(CN(C(=O)C2CNCC[C@@]23OC(O)c2ccccc23)C2CC2)cc(OCCOC)c1. The Hall–Kier alpha value is -2.49. The Kier molecular flexibility index (Phi) is 8.65. The zero-order valence-corrected chi connectivity index (χ0v) is 22.5. The number of methoxy groups -OCH3 is 2. The summed E-state index contributed by atoms with van der Waals surface area (Å²) >= 11 is 0. The van der Waals surface area contributed by atoms with Gasteiger partial charge in [0.25, 0.3) is 0 Å². The Balaban J connectivity index is 1.41. The molecule has 1 spiro atoms. The first-order chi connectivity index (χ1) is 18.6. The molecular formula is C30H40N2O6. The molecule has 1 aliphatic carbocycles. The van der Waals surface area contributed by atoms with E-state index >= 15 is 0 Å². The second-order valence-electron chi connectivity index (χ2n) is 10.6. The van der Waals surface area contributed by atoms with Crippen LogP contribution < -0.4 is 10.1 Å². The molecule has 1 saturated carbocycles. The van der Waals surface area contributed by atoms with E-state index in [-0.39, 0.29) is 11.9 Å². The number of piperidine rings is 1. The maximum atomic E-state index is 14.3. The molecule has 2 aliphatic heterocycles. The summed E-state index contributed by atoms with van der Waals surface area (Å²) in [6.45, 7) is 3.45. The standard InChI is InChI=1S/C30H40N2O6/c1-35-13-5-6-21-16-22(18-24(17-21)37-15-14-36-2)20-32(23-9-10-23)28(33)27-19-31-12-11-30(27)26-8-4-3-7-25(26)29(34)38-30/h3-4,7-8,16-18,23,27,29,31,34H,5-6,9-15,19-20H2,1-2H3/t27?,29?,30-/m0/s1. The fourth-order valence-corrected chi connectivity index (χ4v) is 5.91. The molecule has 1 amide bonds. The molecule has 3 aliphatic rings. The third kappa shape index (κ3) is 5.75. The van der Waals surface area contributed by atoms with Crippen molar-refractivity contribution in [3.8, 4) is 5.75 Å². The molecule has 206 valence electrons. The highest BCUT2D eigenvalue weighted by Gasteiger charge is 2.55. The number of benzene rings is 2. The number of aliphatic hydroxyl groups is 1. The van der Waals surface area contributed by atoms with Crippen LogP contribution >= 0.6 is 0 Å². The lowest BCUT2D eigenvalue weighted by atomic mass is 9.75.